The maximum absolute atomic E-state index is 12.4. The summed E-state index contributed by atoms with van der Waals surface area (Å²) >= 11 is 0. The van der Waals surface area contributed by atoms with Crippen molar-refractivity contribution in [3.8, 4) is 0 Å². The van der Waals surface area contributed by atoms with Crippen LogP contribution in [0.3, 0.4) is 0 Å². The van der Waals surface area contributed by atoms with Crippen LogP contribution in [0.5, 0.6) is 0 Å². The minimum atomic E-state index is -3.75. The number of amides is 1. The van der Waals surface area contributed by atoms with Crippen molar-refractivity contribution in [2.24, 2.45) is 0 Å². The fourth-order valence-corrected chi connectivity index (χ4v) is 3.01. The number of hydrogen-bond acceptors (Lipinski definition) is 4. The molecule has 2 N–H and O–H groups in total. The number of hydrazine groups is 1. The van der Waals surface area contributed by atoms with Crippen LogP contribution in [0, 0.1) is 6.92 Å². The van der Waals surface area contributed by atoms with Crippen molar-refractivity contribution < 1.29 is 13.2 Å². The molecule has 6 nitrogen and oxygen atoms in total. The quantitative estimate of drug-likeness (QED) is 0.821. The number of aryl methyl sites for hydroxylation is 1. The first kappa shape index (κ1) is 17.0. The van der Waals surface area contributed by atoms with Crippen molar-refractivity contribution in [1.82, 2.24) is 10.4 Å². The molecule has 7 heteroatoms. The number of hydrogen-bond donors (Lipinski definition) is 2. The lowest BCUT2D eigenvalue weighted by molar-refractivity contribution is 0.0856. The van der Waals surface area contributed by atoms with Crippen LogP contribution in [0.4, 0.5) is 5.69 Å². The smallest absolute Gasteiger partial charge is 0.265 e. The average Bonchev–Trinajstić information content (AvgIpc) is 2.49. The van der Waals surface area contributed by atoms with Gasteiger partial charge in [0.05, 0.1) is 4.90 Å². The lowest BCUT2D eigenvalue weighted by Gasteiger charge is -2.13. The molecule has 0 aliphatic rings. The zero-order valence-electron chi connectivity index (χ0n) is 13.2. The lowest BCUT2D eigenvalue weighted by atomic mass is 10.2. The summed E-state index contributed by atoms with van der Waals surface area (Å²) in [5.41, 5.74) is 4.35. The minimum Gasteiger partial charge on any atom is -0.285 e. The molecule has 2 aromatic rings. The van der Waals surface area contributed by atoms with Gasteiger partial charge in [-0.2, -0.15) is 0 Å². The van der Waals surface area contributed by atoms with Crippen LogP contribution in [0.2, 0.25) is 0 Å². The molecule has 1 amide bonds. The van der Waals surface area contributed by atoms with Gasteiger partial charge in [-0.1, -0.05) is 23.8 Å². The van der Waals surface area contributed by atoms with Gasteiger partial charge in [0.25, 0.3) is 15.9 Å². The molecule has 0 aliphatic heterocycles. The van der Waals surface area contributed by atoms with Crippen LogP contribution in [-0.2, 0) is 10.0 Å². The van der Waals surface area contributed by atoms with E-state index in [-0.39, 0.29) is 16.4 Å². The summed E-state index contributed by atoms with van der Waals surface area (Å²) in [6.45, 7) is 1.92. The Bertz CT molecular complexity index is 800. The van der Waals surface area contributed by atoms with Gasteiger partial charge in [0, 0.05) is 25.3 Å². The zero-order chi connectivity index (χ0) is 17.0. The summed E-state index contributed by atoms with van der Waals surface area (Å²) in [4.78, 5) is 12.0. The second kappa shape index (κ2) is 6.80. The normalized spacial score (nSPS) is 11.3. The number of nitrogens with one attached hydrogen (secondary N) is 2. The van der Waals surface area contributed by atoms with E-state index in [2.05, 4.69) is 10.1 Å². The second-order valence-corrected chi connectivity index (χ2v) is 7.02. The Labute approximate surface area is 136 Å². The molecule has 0 saturated carbocycles. The van der Waals surface area contributed by atoms with Crippen LogP contribution < -0.4 is 10.1 Å². The third-order valence-corrected chi connectivity index (χ3v) is 4.41. The van der Waals surface area contributed by atoms with Crippen LogP contribution in [-0.4, -0.2) is 33.4 Å². The fourth-order valence-electron chi connectivity index (χ4n) is 1.91. The zero-order valence-corrected chi connectivity index (χ0v) is 14.0. The SMILES string of the molecule is Cc1ccc(NS(=O)(=O)c2cccc(C(=O)NN(C)C)c2)cc1. The second-order valence-electron chi connectivity index (χ2n) is 5.33. The Kier molecular flexibility index (Phi) is 5.02. The highest BCUT2D eigenvalue weighted by atomic mass is 32.2. The fraction of sp³-hybridized carbons (Fsp3) is 0.188. The van der Waals surface area contributed by atoms with E-state index in [0.29, 0.717) is 5.69 Å². The molecule has 122 valence electrons. The topological polar surface area (TPSA) is 78.5 Å². The molecule has 0 unspecified atom stereocenters. The van der Waals surface area contributed by atoms with Gasteiger partial charge in [0.15, 0.2) is 0 Å². The highest BCUT2D eigenvalue weighted by Gasteiger charge is 2.16. The number of rotatable bonds is 5. The van der Waals surface area contributed by atoms with E-state index in [1.54, 1.807) is 32.3 Å². The molecule has 0 atom stereocenters. The number of anilines is 1. The Morgan fingerprint density at radius 3 is 2.30 bits per heavy atom. The largest absolute Gasteiger partial charge is 0.285 e. The predicted octanol–water partition coefficient (Wildman–Crippen LogP) is 2.00. The minimum absolute atomic E-state index is 0.0319. The van der Waals surface area contributed by atoms with Gasteiger partial charge < -0.3 is 0 Å². The van der Waals surface area contributed by atoms with Crippen LogP contribution >= 0.6 is 0 Å². The molecule has 0 fully saturated rings. The summed E-state index contributed by atoms with van der Waals surface area (Å²) in [5.74, 6) is -0.373. The van der Waals surface area contributed by atoms with Crippen molar-refractivity contribution in [2.45, 2.75) is 11.8 Å². The maximum atomic E-state index is 12.4. The Morgan fingerprint density at radius 1 is 1.04 bits per heavy atom. The highest BCUT2D eigenvalue weighted by Crippen LogP contribution is 2.17. The Morgan fingerprint density at radius 2 is 1.70 bits per heavy atom. The molecule has 23 heavy (non-hydrogen) atoms. The monoisotopic (exact) mass is 333 g/mol. The molecule has 0 heterocycles. The highest BCUT2D eigenvalue weighted by molar-refractivity contribution is 7.92. The van der Waals surface area contributed by atoms with E-state index in [4.69, 9.17) is 0 Å². The van der Waals surface area contributed by atoms with Crippen molar-refractivity contribution >= 4 is 21.6 Å². The third-order valence-electron chi connectivity index (χ3n) is 3.04. The van der Waals surface area contributed by atoms with Crippen LogP contribution in [0.15, 0.2) is 53.4 Å². The molecule has 0 aromatic heterocycles. The molecule has 0 radical (unpaired) electrons. The number of carbonyl (C=O) groups is 1. The van der Waals surface area contributed by atoms with E-state index in [9.17, 15) is 13.2 Å². The molecule has 2 aromatic carbocycles. The average molecular weight is 333 g/mol. The number of nitrogens with zero attached hydrogens (tertiary/aromatic N) is 1. The van der Waals surface area contributed by atoms with E-state index >= 15 is 0 Å². The Balaban J connectivity index is 2.26. The van der Waals surface area contributed by atoms with Gasteiger partial charge in [-0.15, -0.1) is 0 Å². The van der Waals surface area contributed by atoms with Crippen molar-refractivity contribution in [2.75, 3.05) is 18.8 Å². The van der Waals surface area contributed by atoms with E-state index < -0.39 is 10.0 Å². The molecule has 2 rings (SSSR count). The molecule has 0 spiro atoms. The number of carbonyl (C=O) groups excluding carboxylic acids is 1. The van der Waals surface area contributed by atoms with Crippen molar-refractivity contribution in [3.05, 3.63) is 59.7 Å². The summed E-state index contributed by atoms with van der Waals surface area (Å²) in [6.07, 6.45) is 0. The van der Waals surface area contributed by atoms with Crippen LogP contribution in [0.25, 0.3) is 0 Å². The van der Waals surface area contributed by atoms with Gasteiger partial charge in [-0.05, 0) is 37.3 Å². The summed E-state index contributed by atoms with van der Waals surface area (Å²) in [5, 5.41) is 1.49. The number of sulfonamides is 1. The molecular weight excluding hydrogens is 314 g/mol. The number of benzene rings is 2. The first-order chi connectivity index (χ1) is 10.8. The van der Waals surface area contributed by atoms with E-state index in [0.717, 1.165) is 5.56 Å². The van der Waals surface area contributed by atoms with Gasteiger partial charge in [0.1, 0.15) is 0 Å². The van der Waals surface area contributed by atoms with Crippen LogP contribution in [0.1, 0.15) is 15.9 Å². The molecule has 0 aliphatic carbocycles. The predicted molar refractivity (Wildman–Crippen MR) is 89.6 cm³/mol. The summed E-state index contributed by atoms with van der Waals surface area (Å²) in [6, 6.07) is 12.9. The van der Waals surface area contributed by atoms with Gasteiger partial charge >= 0.3 is 0 Å². The maximum Gasteiger partial charge on any atom is 0.265 e. The first-order valence-electron chi connectivity index (χ1n) is 6.96. The first-order valence-corrected chi connectivity index (χ1v) is 8.44. The molecular formula is C16H19N3O3S. The van der Waals surface area contributed by atoms with Gasteiger partial charge in [-0.25, -0.2) is 13.4 Å². The van der Waals surface area contributed by atoms with Crippen molar-refractivity contribution in [3.63, 3.8) is 0 Å². The van der Waals surface area contributed by atoms with Gasteiger partial charge in [0.2, 0.25) is 0 Å². The van der Waals surface area contributed by atoms with E-state index in [1.165, 1.54) is 23.2 Å². The van der Waals surface area contributed by atoms with Crippen molar-refractivity contribution in [1.29, 1.82) is 0 Å². The lowest BCUT2D eigenvalue weighted by Crippen LogP contribution is -2.36. The summed E-state index contributed by atoms with van der Waals surface area (Å²) in [7, 11) is -0.398. The van der Waals surface area contributed by atoms with Gasteiger partial charge in [-0.3, -0.25) is 14.9 Å². The molecule has 0 bridgehead atoms. The molecule has 0 saturated heterocycles. The Hall–Kier alpha value is -2.38. The summed E-state index contributed by atoms with van der Waals surface area (Å²) < 4.78 is 27.4. The third kappa shape index (κ3) is 4.54. The van der Waals surface area contributed by atoms with E-state index in [1.807, 2.05) is 19.1 Å². The standard InChI is InChI=1S/C16H19N3O3S/c1-12-7-9-14(10-8-12)18-23(21,22)15-6-4-5-13(11-15)16(20)17-19(2)3/h4-11,18H,1-3H3,(H,17,20).